The monoisotopic (exact) mass is 359 g/mol. The molecule has 1 saturated heterocycles. The molecule has 0 unspecified atom stereocenters. The molecule has 1 aliphatic heterocycles. The van der Waals surface area contributed by atoms with Crippen molar-refractivity contribution in [2.75, 3.05) is 19.8 Å². The molecule has 2 aromatic rings. The fourth-order valence-corrected chi connectivity index (χ4v) is 4.57. The van der Waals surface area contributed by atoms with Gasteiger partial charge in [0.2, 0.25) is 5.91 Å². The highest BCUT2D eigenvalue weighted by Gasteiger charge is 2.34. The molecule has 0 aliphatic carbocycles. The van der Waals surface area contributed by atoms with Crippen LogP contribution in [0.3, 0.4) is 0 Å². The van der Waals surface area contributed by atoms with E-state index in [4.69, 9.17) is 4.74 Å². The predicted octanol–water partition coefficient (Wildman–Crippen LogP) is 4.22. The molecule has 3 rings (SSSR count). The first-order valence-electron chi connectivity index (χ1n) is 8.07. The quantitative estimate of drug-likeness (QED) is 0.785. The van der Waals surface area contributed by atoms with Crippen LogP contribution in [-0.4, -0.2) is 30.4 Å². The third kappa shape index (κ3) is 4.97. The number of benzene rings is 1. The average Bonchev–Trinajstić information content (AvgIpc) is 3.14. The molecule has 1 aliphatic rings. The number of nitrogens with one attached hydrogen (secondary N) is 1. The lowest BCUT2D eigenvalue weighted by atomic mass is 9.99. The molecule has 0 spiro atoms. The topological polar surface area (TPSA) is 38.3 Å². The van der Waals surface area contributed by atoms with Crippen molar-refractivity contribution in [2.24, 2.45) is 0 Å². The van der Waals surface area contributed by atoms with Gasteiger partial charge in [-0.1, -0.05) is 24.3 Å². The van der Waals surface area contributed by atoms with Gasteiger partial charge in [0, 0.05) is 40.4 Å². The summed E-state index contributed by atoms with van der Waals surface area (Å²) >= 11 is 3.48. The summed E-state index contributed by atoms with van der Waals surface area (Å²) in [4.78, 5) is 14.5. The summed E-state index contributed by atoms with van der Waals surface area (Å²) in [5.41, 5.74) is 0. The zero-order valence-electron chi connectivity index (χ0n) is 13.4. The Labute approximate surface area is 151 Å². The van der Waals surface area contributed by atoms with Crippen molar-refractivity contribution < 1.29 is 9.53 Å². The van der Waals surface area contributed by atoms with Crippen molar-refractivity contribution >= 4 is 35.1 Å². The van der Waals surface area contributed by atoms with Gasteiger partial charge in [0.05, 0.1) is 0 Å². The van der Waals surface area contributed by atoms with Crippen molar-refractivity contribution in [1.29, 1.82) is 0 Å². The molecule has 2 heterocycles. The van der Waals surface area contributed by atoms with E-state index in [1.54, 1.807) is 17.4 Å². The van der Waals surface area contributed by atoms with Crippen molar-refractivity contribution in [2.45, 2.75) is 22.5 Å². The van der Waals surface area contributed by atoms with Crippen LogP contribution in [0.1, 0.15) is 17.7 Å². The normalized spacial score (nSPS) is 17.0. The molecule has 1 aromatic carbocycles. The molecular weight excluding hydrogens is 338 g/mol. The van der Waals surface area contributed by atoms with Crippen LogP contribution in [-0.2, 0) is 9.53 Å². The van der Waals surface area contributed by atoms with Crippen LogP contribution < -0.4 is 5.32 Å². The summed E-state index contributed by atoms with van der Waals surface area (Å²) in [6.45, 7) is 2.16. The van der Waals surface area contributed by atoms with E-state index in [9.17, 15) is 4.79 Å². The lowest BCUT2D eigenvalue weighted by Crippen LogP contribution is -2.44. The summed E-state index contributed by atoms with van der Waals surface area (Å²) in [7, 11) is 0. The lowest BCUT2D eigenvalue weighted by molar-refractivity contribution is -0.116. The third-order valence-corrected chi connectivity index (χ3v) is 6.34. The highest BCUT2D eigenvalue weighted by atomic mass is 32.2. The van der Waals surface area contributed by atoms with E-state index in [2.05, 4.69) is 29.6 Å². The SMILES string of the molecule is O=C(C=Cc1cccs1)NCC1(Sc2ccccc2)CCOCC1. The molecule has 3 nitrogen and oxygen atoms in total. The minimum absolute atomic E-state index is 0.00599. The average molecular weight is 360 g/mol. The second kappa shape index (κ2) is 8.51. The highest BCUT2D eigenvalue weighted by Crippen LogP contribution is 2.40. The summed E-state index contributed by atoms with van der Waals surface area (Å²) in [6, 6.07) is 14.4. The first kappa shape index (κ1) is 17.3. The number of hydrogen-bond donors (Lipinski definition) is 1. The maximum atomic E-state index is 12.1. The van der Waals surface area contributed by atoms with Gasteiger partial charge in [0.1, 0.15) is 0 Å². The Hall–Kier alpha value is -1.56. The zero-order valence-corrected chi connectivity index (χ0v) is 15.1. The Morgan fingerprint density at radius 2 is 2.00 bits per heavy atom. The number of thiophene rings is 1. The Morgan fingerprint density at radius 1 is 1.21 bits per heavy atom. The van der Waals surface area contributed by atoms with Gasteiger partial charge in [0.15, 0.2) is 0 Å². The van der Waals surface area contributed by atoms with Gasteiger partial charge in [-0.25, -0.2) is 0 Å². The van der Waals surface area contributed by atoms with E-state index in [1.807, 2.05) is 41.4 Å². The molecule has 0 atom stereocenters. The number of hydrogen-bond acceptors (Lipinski definition) is 4. The van der Waals surface area contributed by atoms with Crippen LogP contribution in [0, 0.1) is 0 Å². The number of carbonyl (C=O) groups is 1. The molecular formula is C19H21NO2S2. The van der Waals surface area contributed by atoms with E-state index in [-0.39, 0.29) is 10.7 Å². The molecule has 1 amide bonds. The first-order chi connectivity index (χ1) is 11.8. The molecule has 0 radical (unpaired) electrons. The third-order valence-electron chi connectivity index (χ3n) is 4.01. The van der Waals surface area contributed by atoms with Crippen LogP contribution in [0.4, 0.5) is 0 Å². The van der Waals surface area contributed by atoms with E-state index in [0.717, 1.165) is 30.9 Å². The highest BCUT2D eigenvalue weighted by molar-refractivity contribution is 8.00. The Morgan fingerprint density at radius 3 is 2.71 bits per heavy atom. The number of amides is 1. The molecule has 126 valence electrons. The lowest BCUT2D eigenvalue weighted by Gasteiger charge is -2.36. The van der Waals surface area contributed by atoms with Gasteiger partial charge in [0.25, 0.3) is 0 Å². The number of rotatable bonds is 6. The maximum Gasteiger partial charge on any atom is 0.244 e. The van der Waals surface area contributed by atoms with Crippen LogP contribution >= 0.6 is 23.1 Å². The molecule has 5 heteroatoms. The van der Waals surface area contributed by atoms with E-state index >= 15 is 0 Å². The molecule has 1 fully saturated rings. The minimum atomic E-state index is -0.0390. The molecule has 1 N–H and O–H groups in total. The minimum Gasteiger partial charge on any atom is -0.381 e. The number of thioether (sulfide) groups is 1. The second-order valence-electron chi connectivity index (χ2n) is 5.78. The van der Waals surface area contributed by atoms with E-state index < -0.39 is 0 Å². The fourth-order valence-electron chi connectivity index (χ4n) is 2.65. The summed E-state index contributed by atoms with van der Waals surface area (Å²) < 4.78 is 5.53. The zero-order chi connectivity index (χ0) is 16.7. The number of carbonyl (C=O) groups excluding carboxylic acids is 1. The summed E-state index contributed by atoms with van der Waals surface area (Å²) in [5, 5.41) is 5.08. The van der Waals surface area contributed by atoms with Gasteiger partial charge in [-0.15, -0.1) is 23.1 Å². The smallest absolute Gasteiger partial charge is 0.244 e. The Kier molecular flexibility index (Phi) is 6.12. The standard InChI is InChI=1S/C19H21NO2S2/c21-18(9-8-16-7-4-14-23-16)20-15-19(10-12-22-13-11-19)24-17-5-2-1-3-6-17/h1-9,14H,10-13,15H2,(H,20,21). The van der Waals surface area contributed by atoms with Crippen LogP contribution in [0.2, 0.25) is 0 Å². The van der Waals surface area contributed by atoms with Gasteiger partial charge < -0.3 is 10.1 Å². The van der Waals surface area contributed by atoms with Crippen LogP contribution in [0.15, 0.2) is 58.8 Å². The van der Waals surface area contributed by atoms with Crippen molar-refractivity contribution in [3.05, 3.63) is 58.8 Å². The molecule has 0 saturated carbocycles. The van der Waals surface area contributed by atoms with Crippen molar-refractivity contribution in [1.82, 2.24) is 5.32 Å². The predicted molar refractivity (Wildman–Crippen MR) is 101 cm³/mol. The van der Waals surface area contributed by atoms with E-state index in [1.165, 1.54) is 4.90 Å². The van der Waals surface area contributed by atoms with Gasteiger partial charge in [-0.3, -0.25) is 4.79 Å². The fraction of sp³-hybridized carbons (Fsp3) is 0.316. The van der Waals surface area contributed by atoms with Crippen LogP contribution in [0.25, 0.3) is 6.08 Å². The van der Waals surface area contributed by atoms with E-state index in [0.29, 0.717) is 6.54 Å². The molecule has 24 heavy (non-hydrogen) atoms. The summed E-state index contributed by atoms with van der Waals surface area (Å²) in [6.07, 6.45) is 5.37. The van der Waals surface area contributed by atoms with Gasteiger partial charge in [-0.2, -0.15) is 0 Å². The van der Waals surface area contributed by atoms with Crippen LogP contribution in [0.5, 0.6) is 0 Å². The first-order valence-corrected chi connectivity index (χ1v) is 9.77. The number of ether oxygens (including phenoxy) is 1. The van der Waals surface area contributed by atoms with Gasteiger partial charge in [-0.05, 0) is 42.5 Å². The second-order valence-corrected chi connectivity index (χ2v) is 8.30. The van der Waals surface area contributed by atoms with Crippen molar-refractivity contribution in [3.63, 3.8) is 0 Å². The Balaban J connectivity index is 1.60. The largest absolute Gasteiger partial charge is 0.381 e. The maximum absolute atomic E-state index is 12.1. The molecule has 0 bridgehead atoms. The van der Waals surface area contributed by atoms with Gasteiger partial charge >= 0.3 is 0 Å². The summed E-state index contributed by atoms with van der Waals surface area (Å²) in [5.74, 6) is -0.0390. The van der Waals surface area contributed by atoms with Crippen molar-refractivity contribution in [3.8, 4) is 0 Å². The Bertz CT molecular complexity index is 662. The molecule has 1 aromatic heterocycles.